The zero-order chi connectivity index (χ0) is 18.8. The Kier molecular flexibility index (Phi) is 4.19. The molecular weight excluding hydrogens is 336 g/mol. The van der Waals surface area contributed by atoms with E-state index in [9.17, 15) is 0 Å². The highest BCUT2D eigenvalue weighted by molar-refractivity contribution is 5.77. The third-order valence-corrected chi connectivity index (χ3v) is 4.57. The SMILES string of the molecule is [C-]#[N+]c1c(N)ncnc1NCc1cc2ccccn2c1-c1ccccc1C. The van der Waals surface area contributed by atoms with E-state index in [1.165, 1.54) is 17.5 Å². The lowest BCUT2D eigenvalue weighted by Gasteiger charge is -2.12. The van der Waals surface area contributed by atoms with Crippen LogP contribution in [0.2, 0.25) is 0 Å². The van der Waals surface area contributed by atoms with Gasteiger partial charge in [0, 0.05) is 23.8 Å². The van der Waals surface area contributed by atoms with E-state index in [0.717, 1.165) is 16.8 Å². The summed E-state index contributed by atoms with van der Waals surface area (Å²) in [4.78, 5) is 11.5. The molecule has 0 aliphatic carbocycles. The molecule has 0 amide bonds. The van der Waals surface area contributed by atoms with Gasteiger partial charge in [-0.2, -0.15) is 0 Å². The fraction of sp³-hybridized carbons (Fsp3) is 0.0952. The van der Waals surface area contributed by atoms with Crippen LogP contribution in [0.1, 0.15) is 11.1 Å². The fourth-order valence-corrected chi connectivity index (χ4v) is 3.27. The quantitative estimate of drug-likeness (QED) is 0.531. The molecule has 0 unspecified atom stereocenters. The average molecular weight is 354 g/mol. The number of pyridine rings is 1. The summed E-state index contributed by atoms with van der Waals surface area (Å²) in [7, 11) is 0. The Hall–Kier alpha value is -3.85. The molecule has 0 spiro atoms. The number of nitrogens with zero attached hydrogens (tertiary/aromatic N) is 4. The van der Waals surface area contributed by atoms with E-state index in [4.69, 9.17) is 12.3 Å². The van der Waals surface area contributed by atoms with Crippen molar-refractivity contribution in [3.8, 4) is 11.3 Å². The standard InChI is InChI=1S/C21H18N6/c1-14-7-3-4-9-17(14)19-15(11-16-8-5-6-10-27(16)19)12-24-21-18(23-2)20(22)25-13-26-21/h3-11,13H,12H2,1H3,(H3,22,24,25,26). The van der Waals surface area contributed by atoms with Gasteiger partial charge in [-0.1, -0.05) is 30.3 Å². The summed E-state index contributed by atoms with van der Waals surface area (Å²) in [5.74, 6) is 0.632. The van der Waals surface area contributed by atoms with Crippen molar-refractivity contribution in [3.05, 3.63) is 83.6 Å². The molecule has 27 heavy (non-hydrogen) atoms. The molecule has 0 saturated carbocycles. The second-order valence-corrected chi connectivity index (χ2v) is 6.25. The van der Waals surface area contributed by atoms with Crippen molar-refractivity contribution in [2.75, 3.05) is 11.1 Å². The van der Waals surface area contributed by atoms with Gasteiger partial charge in [0.2, 0.25) is 0 Å². The molecule has 4 aromatic rings. The summed E-state index contributed by atoms with van der Waals surface area (Å²) in [6.07, 6.45) is 3.43. The van der Waals surface area contributed by atoms with E-state index < -0.39 is 0 Å². The van der Waals surface area contributed by atoms with Crippen molar-refractivity contribution < 1.29 is 0 Å². The highest BCUT2D eigenvalue weighted by atomic mass is 15.1. The predicted octanol–water partition coefficient (Wildman–Crippen LogP) is 4.45. The van der Waals surface area contributed by atoms with E-state index >= 15 is 0 Å². The van der Waals surface area contributed by atoms with Crippen molar-refractivity contribution in [2.24, 2.45) is 0 Å². The van der Waals surface area contributed by atoms with Crippen molar-refractivity contribution in [1.29, 1.82) is 0 Å². The van der Waals surface area contributed by atoms with Crippen LogP contribution in [0.15, 0.2) is 61.1 Å². The fourth-order valence-electron chi connectivity index (χ4n) is 3.27. The Labute approximate surface area is 157 Å². The van der Waals surface area contributed by atoms with E-state index in [0.29, 0.717) is 12.4 Å². The third kappa shape index (κ3) is 2.96. The monoisotopic (exact) mass is 354 g/mol. The lowest BCUT2D eigenvalue weighted by atomic mass is 10.0. The maximum absolute atomic E-state index is 7.32. The summed E-state index contributed by atoms with van der Waals surface area (Å²) in [5.41, 5.74) is 11.8. The van der Waals surface area contributed by atoms with Gasteiger partial charge in [-0.25, -0.2) is 14.8 Å². The minimum atomic E-state index is 0.184. The summed E-state index contributed by atoms with van der Waals surface area (Å²) in [6, 6.07) is 16.6. The number of nitrogens with one attached hydrogen (secondary N) is 1. The van der Waals surface area contributed by atoms with Crippen molar-refractivity contribution in [2.45, 2.75) is 13.5 Å². The van der Waals surface area contributed by atoms with Gasteiger partial charge < -0.3 is 15.5 Å². The van der Waals surface area contributed by atoms with E-state index in [1.807, 2.05) is 24.3 Å². The van der Waals surface area contributed by atoms with E-state index in [-0.39, 0.29) is 11.5 Å². The van der Waals surface area contributed by atoms with Crippen LogP contribution in [0.5, 0.6) is 0 Å². The van der Waals surface area contributed by atoms with Gasteiger partial charge in [0.25, 0.3) is 5.69 Å². The molecule has 3 N–H and O–H groups in total. The number of fused-ring (bicyclic) bond motifs is 1. The van der Waals surface area contributed by atoms with E-state index in [2.05, 4.69) is 61.9 Å². The molecule has 0 radical (unpaired) electrons. The van der Waals surface area contributed by atoms with Crippen LogP contribution in [0.3, 0.4) is 0 Å². The molecule has 4 rings (SSSR count). The van der Waals surface area contributed by atoms with Crippen LogP contribution in [-0.2, 0) is 6.54 Å². The third-order valence-electron chi connectivity index (χ3n) is 4.57. The van der Waals surface area contributed by atoms with Gasteiger partial charge in [-0.3, -0.25) is 0 Å². The number of aromatic nitrogens is 3. The highest BCUT2D eigenvalue weighted by Gasteiger charge is 2.15. The molecule has 3 heterocycles. The summed E-state index contributed by atoms with van der Waals surface area (Å²) in [6.45, 7) is 9.95. The molecule has 1 aromatic carbocycles. The van der Waals surface area contributed by atoms with Gasteiger partial charge in [-0.05, 0) is 36.2 Å². The maximum Gasteiger partial charge on any atom is 0.268 e. The van der Waals surface area contributed by atoms with Gasteiger partial charge in [-0.15, -0.1) is 0 Å². The maximum atomic E-state index is 7.32. The molecule has 0 aliphatic heterocycles. The van der Waals surface area contributed by atoms with Gasteiger partial charge >= 0.3 is 0 Å². The minimum absolute atomic E-state index is 0.184. The van der Waals surface area contributed by atoms with Gasteiger partial charge in [0.05, 0.1) is 12.3 Å². The smallest absolute Gasteiger partial charge is 0.268 e. The molecule has 0 atom stereocenters. The number of hydrogen-bond donors (Lipinski definition) is 2. The van der Waals surface area contributed by atoms with Crippen LogP contribution in [0, 0.1) is 13.5 Å². The number of nitrogens with two attached hydrogens (primary N) is 1. The van der Waals surface area contributed by atoms with Crippen LogP contribution >= 0.6 is 0 Å². The second kappa shape index (κ2) is 6.81. The number of rotatable bonds is 4. The Morgan fingerprint density at radius 3 is 2.78 bits per heavy atom. The molecule has 0 saturated heterocycles. The highest BCUT2D eigenvalue weighted by Crippen LogP contribution is 2.32. The van der Waals surface area contributed by atoms with Crippen molar-refractivity contribution in [1.82, 2.24) is 14.4 Å². The first-order chi connectivity index (χ1) is 13.2. The zero-order valence-corrected chi connectivity index (χ0v) is 14.8. The molecule has 132 valence electrons. The number of aryl methyl sites for hydroxylation is 1. The van der Waals surface area contributed by atoms with Crippen molar-refractivity contribution in [3.63, 3.8) is 0 Å². The molecule has 0 aliphatic rings. The molecular formula is C21H18N6. The molecule has 6 heteroatoms. The normalized spacial score (nSPS) is 10.7. The topological polar surface area (TPSA) is 72.6 Å². The van der Waals surface area contributed by atoms with Crippen LogP contribution in [-0.4, -0.2) is 14.4 Å². The molecule has 3 aromatic heterocycles. The van der Waals surface area contributed by atoms with E-state index in [1.54, 1.807) is 0 Å². The van der Waals surface area contributed by atoms with Crippen molar-refractivity contribution >= 4 is 22.8 Å². The van der Waals surface area contributed by atoms with Crippen LogP contribution < -0.4 is 11.1 Å². The van der Waals surface area contributed by atoms with Gasteiger partial charge in [0.1, 0.15) is 18.0 Å². The summed E-state index contributed by atoms with van der Waals surface area (Å²) < 4.78 is 2.18. The largest absolute Gasteiger partial charge is 0.392 e. The number of benzene rings is 1. The summed E-state index contributed by atoms with van der Waals surface area (Å²) in [5, 5.41) is 3.25. The number of hydrogen-bond acceptors (Lipinski definition) is 4. The Bertz CT molecular complexity index is 1170. The first kappa shape index (κ1) is 16.6. The number of anilines is 2. The minimum Gasteiger partial charge on any atom is -0.392 e. The first-order valence-corrected chi connectivity index (χ1v) is 8.56. The summed E-state index contributed by atoms with van der Waals surface area (Å²) >= 11 is 0. The van der Waals surface area contributed by atoms with Crippen LogP contribution in [0.4, 0.5) is 17.3 Å². The second-order valence-electron chi connectivity index (χ2n) is 6.25. The molecule has 0 bridgehead atoms. The molecule has 6 nitrogen and oxygen atoms in total. The Morgan fingerprint density at radius 2 is 1.96 bits per heavy atom. The molecule has 0 fully saturated rings. The van der Waals surface area contributed by atoms with Gasteiger partial charge in [0.15, 0.2) is 0 Å². The van der Waals surface area contributed by atoms with Crippen LogP contribution in [0.25, 0.3) is 21.6 Å². The zero-order valence-electron chi connectivity index (χ0n) is 14.8. The lowest BCUT2D eigenvalue weighted by molar-refractivity contribution is 1.08. The first-order valence-electron chi connectivity index (χ1n) is 8.56. The Morgan fingerprint density at radius 1 is 1.15 bits per heavy atom. The number of nitrogen functional groups attached to an aromatic ring is 1. The Balaban J connectivity index is 1.79. The predicted molar refractivity (Wildman–Crippen MR) is 108 cm³/mol. The average Bonchev–Trinajstić information content (AvgIpc) is 3.05. The lowest BCUT2D eigenvalue weighted by Crippen LogP contribution is -2.04.